The monoisotopic (exact) mass is 640 g/mol. The number of methoxy groups -OCH3 is 1. The van der Waals surface area contributed by atoms with Gasteiger partial charge in [-0.3, -0.25) is 19.4 Å². The van der Waals surface area contributed by atoms with Crippen LogP contribution in [0.3, 0.4) is 0 Å². The summed E-state index contributed by atoms with van der Waals surface area (Å²) in [7, 11) is 1.60. The first-order valence-electron chi connectivity index (χ1n) is 16.3. The number of hydrogen-bond acceptors (Lipinski definition) is 9. The van der Waals surface area contributed by atoms with E-state index < -0.39 is 12.0 Å². The highest BCUT2D eigenvalue weighted by Crippen LogP contribution is 2.40. The van der Waals surface area contributed by atoms with E-state index in [2.05, 4.69) is 30.0 Å². The molecule has 3 aliphatic heterocycles. The van der Waals surface area contributed by atoms with Crippen molar-refractivity contribution in [2.45, 2.75) is 32.4 Å². The molecule has 0 saturated carbocycles. The molecule has 1 unspecified atom stereocenters. The van der Waals surface area contributed by atoms with Gasteiger partial charge in [0.25, 0.3) is 0 Å². The molecule has 4 aromatic rings. The highest BCUT2D eigenvalue weighted by Gasteiger charge is 2.31. The third-order valence-electron chi connectivity index (χ3n) is 9.62. The van der Waals surface area contributed by atoms with Crippen molar-refractivity contribution < 1.29 is 33.3 Å². The molecule has 0 radical (unpaired) electrons. The third kappa shape index (κ3) is 6.23. The molecule has 7 rings (SSSR count). The van der Waals surface area contributed by atoms with Crippen molar-refractivity contribution in [2.75, 3.05) is 71.2 Å². The minimum absolute atomic E-state index is 0.150. The van der Waals surface area contributed by atoms with Crippen molar-refractivity contribution in [1.29, 1.82) is 0 Å². The second-order valence-corrected chi connectivity index (χ2v) is 12.3. The Morgan fingerprint density at radius 3 is 2.55 bits per heavy atom. The Kier molecular flexibility index (Phi) is 8.96. The Hall–Kier alpha value is -4.29. The van der Waals surface area contributed by atoms with Crippen molar-refractivity contribution in [3.8, 4) is 28.3 Å². The summed E-state index contributed by atoms with van der Waals surface area (Å²) < 4.78 is 22.9. The van der Waals surface area contributed by atoms with Crippen LogP contribution < -0.4 is 9.64 Å². The highest BCUT2D eigenvalue weighted by molar-refractivity contribution is 5.97. The van der Waals surface area contributed by atoms with E-state index in [-0.39, 0.29) is 12.5 Å². The quantitative estimate of drug-likeness (QED) is 0.283. The predicted octanol–water partition coefficient (Wildman–Crippen LogP) is 4.38. The lowest BCUT2D eigenvalue weighted by Gasteiger charge is -2.33. The van der Waals surface area contributed by atoms with Crippen LogP contribution in [-0.4, -0.2) is 104 Å². The molecule has 11 nitrogen and oxygen atoms in total. The van der Waals surface area contributed by atoms with Gasteiger partial charge in [-0.25, -0.2) is 4.98 Å². The van der Waals surface area contributed by atoms with Gasteiger partial charge in [0, 0.05) is 68.6 Å². The average Bonchev–Trinajstić information content (AvgIpc) is 3.72. The summed E-state index contributed by atoms with van der Waals surface area (Å²) in [5.41, 5.74) is 8.39. The molecule has 2 fully saturated rings. The van der Waals surface area contributed by atoms with Crippen LogP contribution in [0.5, 0.6) is 5.75 Å². The van der Waals surface area contributed by atoms with Gasteiger partial charge >= 0.3 is 5.97 Å². The minimum Gasteiger partial charge on any atom is -0.496 e. The number of oxazole rings is 1. The van der Waals surface area contributed by atoms with Gasteiger partial charge in [-0.1, -0.05) is 24.3 Å². The van der Waals surface area contributed by atoms with Crippen LogP contribution in [0.25, 0.3) is 33.7 Å². The second-order valence-electron chi connectivity index (χ2n) is 12.3. The Morgan fingerprint density at radius 2 is 1.74 bits per heavy atom. The summed E-state index contributed by atoms with van der Waals surface area (Å²) in [5.74, 6) is 0.369. The first-order chi connectivity index (χ1) is 22.9. The Morgan fingerprint density at radius 1 is 0.979 bits per heavy atom. The summed E-state index contributed by atoms with van der Waals surface area (Å²) in [6, 6.07) is 15.4. The van der Waals surface area contributed by atoms with E-state index in [0.717, 1.165) is 72.8 Å². The molecule has 4 heterocycles. The molecule has 0 bridgehead atoms. The van der Waals surface area contributed by atoms with Crippen LogP contribution in [0.2, 0.25) is 0 Å². The fourth-order valence-electron chi connectivity index (χ4n) is 7.02. The lowest BCUT2D eigenvalue weighted by Crippen LogP contribution is -2.49. The van der Waals surface area contributed by atoms with Gasteiger partial charge < -0.3 is 28.6 Å². The second kappa shape index (κ2) is 13.4. The molecular formula is C36H40N4O7. The molecule has 3 aromatic carbocycles. The summed E-state index contributed by atoms with van der Waals surface area (Å²) in [5, 5.41) is 9.70. The number of carboxylic acids is 1. The molecule has 11 heteroatoms. The number of rotatable bonds is 9. The lowest BCUT2D eigenvalue weighted by atomic mass is 9.92. The largest absolute Gasteiger partial charge is 0.496 e. The molecule has 1 N–H and O–H groups in total. The number of carbonyl (C=O) groups excluding carboxylic acids is 1. The highest BCUT2D eigenvalue weighted by atomic mass is 16.5. The van der Waals surface area contributed by atoms with Gasteiger partial charge in [-0.2, -0.15) is 0 Å². The van der Waals surface area contributed by atoms with Gasteiger partial charge in [0.1, 0.15) is 17.3 Å². The zero-order valence-electron chi connectivity index (χ0n) is 26.9. The van der Waals surface area contributed by atoms with Crippen LogP contribution in [0.1, 0.15) is 23.1 Å². The summed E-state index contributed by atoms with van der Waals surface area (Å²) in [6.07, 6.45) is 1.30. The van der Waals surface area contributed by atoms with E-state index in [9.17, 15) is 14.7 Å². The third-order valence-corrected chi connectivity index (χ3v) is 9.62. The van der Waals surface area contributed by atoms with E-state index in [4.69, 9.17) is 23.6 Å². The fraction of sp³-hybridized carbons (Fsp3) is 0.417. The molecule has 0 spiro atoms. The number of carbonyl (C=O) groups is 2. The first-order valence-corrected chi connectivity index (χ1v) is 16.3. The van der Waals surface area contributed by atoms with Crippen molar-refractivity contribution >= 4 is 28.7 Å². The number of nitrogens with zero attached hydrogens (tertiary/aromatic N) is 4. The summed E-state index contributed by atoms with van der Waals surface area (Å²) in [6.45, 7) is 8.25. The van der Waals surface area contributed by atoms with Crippen LogP contribution in [0.15, 0.2) is 52.9 Å². The van der Waals surface area contributed by atoms with E-state index >= 15 is 0 Å². The van der Waals surface area contributed by atoms with Crippen LogP contribution in [0, 0.1) is 6.92 Å². The van der Waals surface area contributed by atoms with Crippen LogP contribution in [-0.2, 0) is 32.0 Å². The number of fused-ring (bicyclic) bond motifs is 2. The van der Waals surface area contributed by atoms with E-state index in [0.29, 0.717) is 55.4 Å². The number of morpholine rings is 2. The average molecular weight is 641 g/mol. The molecule has 3 aliphatic rings. The van der Waals surface area contributed by atoms with Gasteiger partial charge in [-0.05, 0) is 53.8 Å². The number of ether oxygens (including phenoxy) is 3. The van der Waals surface area contributed by atoms with Crippen molar-refractivity contribution in [1.82, 2.24) is 14.8 Å². The maximum atomic E-state index is 13.3. The zero-order chi connectivity index (χ0) is 32.5. The number of benzene rings is 3. The first kappa shape index (κ1) is 31.3. The normalized spacial score (nSPS) is 18.9. The smallest absolute Gasteiger partial charge is 0.323 e. The van der Waals surface area contributed by atoms with Crippen molar-refractivity contribution in [3.63, 3.8) is 0 Å². The Labute approximate surface area is 273 Å². The molecule has 246 valence electrons. The maximum absolute atomic E-state index is 13.3. The summed E-state index contributed by atoms with van der Waals surface area (Å²) >= 11 is 0. The fourth-order valence-corrected chi connectivity index (χ4v) is 7.02. The minimum atomic E-state index is -0.907. The topological polar surface area (TPSA) is 118 Å². The van der Waals surface area contributed by atoms with E-state index in [1.807, 2.05) is 40.1 Å². The maximum Gasteiger partial charge on any atom is 0.323 e. The Bertz CT molecular complexity index is 1800. The number of carboxylic acid groups (broad SMARTS) is 1. The lowest BCUT2D eigenvalue weighted by molar-refractivity contribution is -0.150. The molecule has 0 aliphatic carbocycles. The van der Waals surface area contributed by atoms with Gasteiger partial charge in [0.15, 0.2) is 5.58 Å². The number of hydrogen-bond donors (Lipinski definition) is 1. The molecule has 1 amide bonds. The Balaban J connectivity index is 1.15. The molecule has 2 saturated heterocycles. The van der Waals surface area contributed by atoms with Gasteiger partial charge in [-0.15, -0.1) is 0 Å². The number of anilines is 1. The summed E-state index contributed by atoms with van der Waals surface area (Å²) in [4.78, 5) is 36.2. The zero-order valence-corrected chi connectivity index (χ0v) is 26.9. The predicted molar refractivity (Wildman–Crippen MR) is 177 cm³/mol. The standard InChI is InChI=1S/C36H40N4O7/c1-23-25(27-7-4-8-30-28(27)9-12-40(30)34(41)10-11-38-13-16-45-17-14-38)5-3-6-26(23)35-37-29-19-24(32(44-2)20-33(29)47-35)21-39-15-18-46-22-31(39)36(42)43/h3-8,19-20,31H,9-18,21-22H2,1-2H3,(H,42,43). The van der Waals surface area contributed by atoms with E-state index in [1.165, 1.54) is 5.56 Å². The van der Waals surface area contributed by atoms with E-state index in [1.54, 1.807) is 7.11 Å². The molecular weight excluding hydrogens is 600 g/mol. The van der Waals surface area contributed by atoms with Gasteiger partial charge in [0.05, 0.1) is 33.5 Å². The SMILES string of the molecule is COc1cc2oc(-c3cccc(-c4cccc5c4CCN5C(=O)CCN4CCOCC4)c3C)nc2cc1CN1CCOCC1C(=O)O. The van der Waals surface area contributed by atoms with Crippen molar-refractivity contribution in [3.05, 3.63) is 65.2 Å². The molecule has 1 aromatic heterocycles. The number of aromatic nitrogens is 1. The van der Waals surface area contributed by atoms with Crippen LogP contribution in [0.4, 0.5) is 5.69 Å². The van der Waals surface area contributed by atoms with Crippen molar-refractivity contribution in [2.24, 2.45) is 0 Å². The number of aliphatic carboxylic acids is 1. The van der Waals surface area contributed by atoms with Gasteiger partial charge in [0.2, 0.25) is 11.8 Å². The number of amides is 1. The van der Waals surface area contributed by atoms with Crippen LogP contribution >= 0.6 is 0 Å². The molecule has 47 heavy (non-hydrogen) atoms. The molecule has 1 atom stereocenters.